The van der Waals surface area contributed by atoms with Crippen molar-refractivity contribution in [3.05, 3.63) is 71.4 Å². The number of rotatable bonds is 0. The number of furan rings is 2. The van der Waals surface area contributed by atoms with Gasteiger partial charge in [-0.25, -0.2) is 0 Å². The van der Waals surface area contributed by atoms with Crippen molar-refractivity contribution < 1.29 is 8.83 Å². The number of aromatic nitrogens is 2. The fourth-order valence-electron chi connectivity index (χ4n) is 2.82. The Morgan fingerprint density at radius 3 is 1.50 bits per heavy atom. The van der Waals surface area contributed by atoms with Gasteiger partial charge in [-0.15, -0.1) is 0 Å². The topological polar surface area (TPSA) is 57.9 Å². The van der Waals surface area contributed by atoms with Gasteiger partial charge in [-0.1, -0.05) is 0 Å². The molecule has 5 rings (SSSR count). The third-order valence-corrected chi connectivity index (χ3v) is 4.06. The Labute approximate surface area is 138 Å². The largest absolute Gasteiger partial charge is 0.455 e. The number of H-pyrrole nitrogens is 2. The average Bonchev–Trinajstić information content (AvgIpc) is 3.37. The molecule has 0 saturated carbocycles. The van der Waals surface area contributed by atoms with E-state index in [1.54, 1.807) is 0 Å². The van der Waals surface area contributed by atoms with Crippen LogP contribution in [0.5, 0.6) is 0 Å². The van der Waals surface area contributed by atoms with E-state index in [4.69, 9.17) is 8.83 Å². The highest BCUT2D eigenvalue weighted by atomic mass is 16.3. The molecular weight excluding hydrogens is 300 g/mol. The first-order valence-corrected chi connectivity index (χ1v) is 7.78. The van der Waals surface area contributed by atoms with Crippen LogP contribution in [0, 0.1) is 0 Å². The summed E-state index contributed by atoms with van der Waals surface area (Å²) in [6, 6.07) is 15.9. The van der Waals surface area contributed by atoms with E-state index in [9.17, 15) is 0 Å². The second-order valence-electron chi connectivity index (χ2n) is 5.73. The molecule has 0 atom stereocenters. The van der Waals surface area contributed by atoms with Crippen LogP contribution in [0.1, 0.15) is 22.9 Å². The fourth-order valence-corrected chi connectivity index (χ4v) is 2.82. The van der Waals surface area contributed by atoms with Gasteiger partial charge in [0.25, 0.3) is 0 Å². The molecule has 0 aliphatic carbocycles. The molecule has 0 unspecified atom stereocenters. The van der Waals surface area contributed by atoms with Gasteiger partial charge in [0.1, 0.15) is 11.5 Å². The number of fused-ring (bicyclic) bond motifs is 10. The second kappa shape index (κ2) is 5.06. The second-order valence-corrected chi connectivity index (χ2v) is 5.73. The maximum atomic E-state index is 5.88. The number of hydrogen-bond acceptors (Lipinski definition) is 2. The zero-order chi connectivity index (χ0) is 15.9. The standard InChI is InChI=1S/C20H14N2O2/c1-5-15-7-11-20(23-15)18-10-4-14(22-18)2-6-16-8-12-19(24-16)17-9-3-13(1)21-17/h1-12,21-22H/b5-1-,6-2-,13-1?,14-2?,15-5?,16-6?,19-17?,20-18?. The van der Waals surface area contributed by atoms with Crippen molar-refractivity contribution in [1.29, 1.82) is 0 Å². The molecule has 0 saturated heterocycles. The van der Waals surface area contributed by atoms with Crippen LogP contribution >= 0.6 is 0 Å². The van der Waals surface area contributed by atoms with Crippen molar-refractivity contribution in [3.8, 4) is 22.9 Å². The van der Waals surface area contributed by atoms with Crippen molar-refractivity contribution in [2.45, 2.75) is 0 Å². The molecule has 8 bridgehead atoms. The van der Waals surface area contributed by atoms with Gasteiger partial charge in [0.2, 0.25) is 0 Å². The quantitative estimate of drug-likeness (QED) is 0.395. The van der Waals surface area contributed by atoms with Gasteiger partial charge in [-0.3, -0.25) is 0 Å². The van der Waals surface area contributed by atoms with E-state index < -0.39 is 0 Å². The van der Waals surface area contributed by atoms with Gasteiger partial charge >= 0.3 is 0 Å². The summed E-state index contributed by atoms with van der Waals surface area (Å²) in [7, 11) is 0. The van der Waals surface area contributed by atoms with Gasteiger partial charge in [0, 0.05) is 11.4 Å². The van der Waals surface area contributed by atoms with E-state index >= 15 is 0 Å². The van der Waals surface area contributed by atoms with Gasteiger partial charge in [0.15, 0.2) is 11.5 Å². The summed E-state index contributed by atoms with van der Waals surface area (Å²) in [5, 5.41) is 0. The van der Waals surface area contributed by atoms with E-state index in [0.29, 0.717) is 0 Å². The van der Waals surface area contributed by atoms with Crippen molar-refractivity contribution in [2.24, 2.45) is 0 Å². The Balaban J connectivity index is 1.66. The summed E-state index contributed by atoms with van der Waals surface area (Å²) >= 11 is 0. The van der Waals surface area contributed by atoms with E-state index in [0.717, 1.165) is 45.8 Å². The Hall–Kier alpha value is -3.40. The Bertz CT molecular complexity index is 898. The van der Waals surface area contributed by atoms with E-state index in [-0.39, 0.29) is 0 Å². The average molecular weight is 314 g/mol. The molecule has 0 spiro atoms. The number of aromatic amines is 2. The minimum Gasteiger partial charge on any atom is -0.455 e. The molecule has 2 N–H and O–H groups in total. The molecular formula is C20H14N2O2. The maximum absolute atomic E-state index is 5.88. The van der Waals surface area contributed by atoms with Crippen molar-refractivity contribution in [3.63, 3.8) is 0 Å². The first kappa shape index (κ1) is 13.1. The zero-order valence-corrected chi connectivity index (χ0v) is 12.7. The highest BCUT2D eigenvalue weighted by Crippen LogP contribution is 2.26. The van der Waals surface area contributed by atoms with Crippen molar-refractivity contribution in [1.82, 2.24) is 9.97 Å². The van der Waals surface area contributed by atoms with E-state index in [2.05, 4.69) is 9.97 Å². The normalized spacial score (nSPS) is 15.3. The zero-order valence-electron chi connectivity index (χ0n) is 12.7. The molecule has 4 aromatic heterocycles. The van der Waals surface area contributed by atoms with Crippen LogP contribution in [0.4, 0.5) is 0 Å². The van der Waals surface area contributed by atoms with E-state index in [1.165, 1.54) is 0 Å². The monoisotopic (exact) mass is 314 g/mol. The highest BCUT2D eigenvalue weighted by Gasteiger charge is 2.08. The predicted octanol–water partition coefficient (Wildman–Crippen LogP) is 5.52. The first-order valence-electron chi connectivity index (χ1n) is 7.78. The minimum atomic E-state index is 0.806. The predicted molar refractivity (Wildman–Crippen MR) is 94.8 cm³/mol. The molecule has 4 aromatic rings. The van der Waals surface area contributed by atoms with Gasteiger partial charge < -0.3 is 18.8 Å². The van der Waals surface area contributed by atoms with Crippen LogP contribution in [0.15, 0.2) is 57.4 Å². The molecule has 4 heteroatoms. The lowest BCUT2D eigenvalue weighted by atomic mass is 10.3. The molecule has 5 heterocycles. The van der Waals surface area contributed by atoms with Crippen LogP contribution in [0.3, 0.4) is 0 Å². The lowest BCUT2D eigenvalue weighted by Crippen LogP contribution is -1.76. The SMILES string of the molecule is C1=C\c2ccc(o2)-c2ccc([nH]2)/C=C\c2ccc(o2)-c2ccc/1[nH]2. The van der Waals surface area contributed by atoms with Crippen molar-refractivity contribution >= 4 is 24.3 Å². The Kier molecular flexibility index (Phi) is 2.76. The summed E-state index contributed by atoms with van der Waals surface area (Å²) in [5.41, 5.74) is 3.88. The Morgan fingerprint density at radius 1 is 0.500 bits per heavy atom. The molecule has 0 fully saturated rings. The molecule has 0 aromatic carbocycles. The third-order valence-electron chi connectivity index (χ3n) is 4.06. The molecule has 0 radical (unpaired) electrons. The summed E-state index contributed by atoms with van der Waals surface area (Å²) in [4.78, 5) is 6.68. The molecule has 1 aliphatic rings. The molecule has 4 nitrogen and oxygen atoms in total. The number of hydrogen-bond donors (Lipinski definition) is 2. The van der Waals surface area contributed by atoms with Crippen molar-refractivity contribution in [2.75, 3.05) is 0 Å². The smallest absolute Gasteiger partial charge is 0.150 e. The van der Waals surface area contributed by atoms with Crippen LogP contribution in [-0.4, -0.2) is 9.97 Å². The fraction of sp³-hybridized carbons (Fsp3) is 0. The Morgan fingerprint density at radius 2 is 1.00 bits per heavy atom. The minimum absolute atomic E-state index is 0.806. The third kappa shape index (κ3) is 2.25. The first-order chi connectivity index (χ1) is 11.8. The lowest BCUT2D eigenvalue weighted by Gasteiger charge is -1.94. The molecule has 116 valence electrons. The molecule has 0 amide bonds. The van der Waals surface area contributed by atoms with Gasteiger partial charge in [-0.2, -0.15) is 0 Å². The van der Waals surface area contributed by atoms with Crippen LogP contribution in [-0.2, 0) is 0 Å². The summed E-state index contributed by atoms with van der Waals surface area (Å²) in [6.45, 7) is 0. The van der Waals surface area contributed by atoms with Gasteiger partial charge in [0.05, 0.1) is 11.4 Å². The lowest BCUT2D eigenvalue weighted by molar-refractivity contribution is 0.570. The molecule has 1 aliphatic heterocycles. The van der Waals surface area contributed by atoms with Crippen LogP contribution in [0.25, 0.3) is 47.2 Å². The summed E-state index contributed by atoms with van der Waals surface area (Å²) in [5.74, 6) is 3.24. The summed E-state index contributed by atoms with van der Waals surface area (Å²) in [6.07, 6.45) is 7.87. The highest BCUT2D eigenvalue weighted by molar-refractivity contribution is 5.72. The molecule has 24 heavy (non-hydrogen) atoms. The maximum Gasteiger partial charge on any atom is 0.150 e. The summed E-state index contributed by atoms with van der Waals surface area (Å²) < 4.78 is 11.8. The van der Waals surface area contributed by atoms with E-state index in [1.807, 2.05) is 72.8 Å². The van der Waals surface area contributed by atoms with Gasteiger partial charge in [-0.05, 0) is 72.8 Å². The number of nitrogens with one attached hydrogen (secondary N) is 2. The van der Waals surface area contributed by atoms with Crippen LogP contribution in [0.2, 0.25) is 0 Å². The van der Waals surface area contributed by atoms with Crippen LogP contribution < -0.4 is 0 Å².